The van der Waals surface area contributed by atoms with Gasteiger partial charge < -0.3 is 10.1 Å². The van der Waals surface area contributed by atoms with Gasteiger partial charge in [-0.05, 0) is 65.6 Å². The van der Waals surface area contributed by atoms with Crippen LogP contribution in [0.15, 0.2) is 41.1 Å². The van der Waals surface area contributed by atoms with Gasteiger partial charge in [0.2, 0.25) is 0 Å². The van der Waals surface area contributed by atoms with E-state index in [0.29, 0.717) is 5.69 Å². The molecule has 4 nitrogen and oxygen atoms in total. The first-order valence-electron chi connectivity index (χ1n) is 6.79. The Morgan fingerprint density at radius 2 is 2.05 bits per heavy atom. The third-order valence-electron chi connectivity index (χ3n) is 3.09. The van der Waals surface area contributed by atoms with Crippen molar-refractivity contribution in [2.75, 3.05) is 11.9 Å². The van der Waals surface area contributed by atoms with Crippen LogP contribution in [0.25, 0.3) is 6.08 Å². The molecule has 2 rings (SSSR count). The smallest absolute Gasteiger partial charge is 0.331 e. The molecule has 0 unspecified atom stereocenters. The summed E-state index contributed by atoms with van der Waals surface area (Å²) in [5, 5.41) is 6.53. The van der Waals surface area contributed by atoms with E-state index in [1.807, 2.05) is 48.9 Å². The maximum atomic E-state index is 11.7. The summed E-state index contributed by atoms with van der Waals surface area (Å²) in [6.07, 6.45) is 2.96. The third-order valence-corrected chi connectivity index (χ3v) is 3.79. The standard InChI is InChI=1S/C17H17NO3S/c1-12-3-5-15(9-13(12)2)18-16(19)10-21-17(20)6-4-14-7-8-22-11-14/h3-9,11H,10H2,1-2H3,(H,18,19)/b6-4+. The monoisotopic (exact) mass is 315 g/mol. The molecule has 0 bridgehead atoms. The molecular formula is C17H17NO3S. The van der Waals surface area contributed by atoms with Crippen molar-refractivity contribution in [2.45, 2.75) is 13.8 Å². The molecule has 0 aliphatic heterocycles. The second-order valence-corrected chi connectivity index (χ2v) is 5.62. The van der Waals surface area contributed by atoms with Crippen LogP contribution < -0.4 is 5.32 Å². The lowest BCUT2D eigenvalue weighted by Gasteiger charge is -2.07. The lowest BCUT2D eigenvalue weighted by atomic mass is 10.1. The average Bonchev–Trinajstić information content (AvgIpc) is 3.00. The zero-order valence-corrected chi connectivity index (χ0v) is 13.3. The molecule has 1 amide bonds. The molecule has 0 saturated heterocycles. The number of anilines is 1. The average molecular weight is 315 g/mol. The van der Waals surface area contributed by atoms with Crippen LogP contribution >= 0.6 is 11.3 Å². The second-order valence-electron chi connectivity index (χ2n) is 4.84. The van der Waals surface area contributed by atoms with E-state index in [2.05, 4.69) is 5.32 Å². The molecule has 1 aromatic carbocycles. The van der Waals surface area contributed by atoms with Crippen molar-refractivity contribution >= 4 is 35.0 Å². The van der Waals surface area contributed by atoms with Crippen molar-refractivity contribution < 1.29 is 14.3 Å². The summed E-state index contributed by atoms with van der Waals surface area (Å²) in [5.41, 5.74) is 3.87. The molecule has 1 N–H and O–H groups in total. The van der Waals surface area contributed by atoms with Crippen molar-refractivity contribution in [3.8, 4) is 0 Å². The molecule has 0 aliphatic rings. The van der Waals surface area contributed by atoms with E-state index in [1.165, 1.54) is 6.08 Å². The summed E-state index contributed by atoms with van der Waals surface area (Å²) >= 11 is 1.55. The Morgan fingerprint density at radius 1 is 1.23 bits per heavy atom. The molecule has 0 saturated carbocycles. The highest BCUT2D eigenvalue weighted by atomic mass is 32.1. The van der Waals surface area contributed by atoms with Crippen LogP contribution in [0.5, 0.6) is 0 Å². The molecule has 114 valence electrons. The third kappa shape index (κ3) is 4.86. The highest BCUT2D eigenvalue weighted by molar-refractivity contribution is 7.08. The summed E-state index contributed by atoms with van der Waals surface area (Å²) in [7, 11) is 0. The number of rotatable bonds is 5. The Balaban J connectivity index is 1.79. The largest absolute Gasteiger partial charge is 0.452 e. The van der Waals surface area contributed by atoms with E-state index in [9.17, 15) is 9.59 Å². The van der Waals surface area contributed by atoms with E-state index >= 15 is 0 Å². The Hall–Kier alpha value is -2.40. The number of esters is 1. The lowest BCUT2D eigenvalue weighted by molar-refractivity contribution is -0.142. The van der Waals surface area contributed by atoms with Crippen LogP contribution in [-0.4, -0.2) is 18.5 Å². The first-order chi connectivity index (χ1) is 10.5. The van der Waals surface area contributed by atoms with Crippen molar-refractivity contribution in [1.29, 1.82) is 0 Å². The molecular weight excluding hydrogens is 298 g/mol. The second kappa shape index (κ2) is 7.56. The van der Waals surface area contributed by atoms with Crippen molar-refractivity contribution in [1.82, 2.24) is 0 Å². The summed E-state index contributed by atoms with van der Waals surface area (Å²) in [5.74, 6) is -0.901. The van der Waals surface area contributed by atoms with Gasteiger partial charge in [-0.1, -0.05) is 6.07 Å². The predicted octanol–water partition coefficient (Wildman–Crippen LogP) is 3.56. The Labute approximate surface area is 133 Å². The SMILES string of the molecule is Cc1ccc(NC(=O)COC(=O)/C=C/c2ccsc2)cc1C. The highest BCUT2D eigenvalue weighted by Gasteiger charge is 2.06. The van der Waals surface area contributed by atoms with Crippen LogP contribution in [-0.2, 0) is 14.3 Å². The van der Waals surface area contributed by atoms with Gasteiger partial charge in [-0.15, -0.1) is 0 Å². The molecule has 5 heteroatoms. The van der Waals surface area contributed by atoms with E-state index in [-0.39, 0.29) is 12.5 Å². The summed E-state index contributed by atoms with van der Waals surface area (Å²) in [6, 6.07) is 7.52. The predicted molar refractivity (Wildman–Crippen MR) is 88.9 cm³/mol. The number of hydrogen-bond donors (Lipinski definition) is 1. The van der Waals surface area contributed by atoms with Crippen molar-refractivity contribution in [3.05, 3.63) is 57.8 Å². The number of aryl methyl sites for hydroxylation is 2. The number of ether oxygens (including phenoxy) is 1. The van der Waals surface area contributed by atoms with Gasteiger partial charge in [0, 0.05) is 11.8 Å². The van der Waals surface area contributed by atoms with Gasteiger partial charge in [-0.2, -0.15) is 11.3 Å². The summed E-state index contributed by atoms with van der Waals surface area (Å²) < 4.78 is 4.89. The number of carbonyl (C=O) groups is 2. The Kier molecular flexibility index (Phi) is 5.49. The minimum atomic E-state index is -0.540. The molecule has 2 aromatic rings. The van der Waals surface area contributed by atoms with E-state index in [0.717, 1.165) is 16.7 Å². The number of thiophene rings is 1. The number of amides is 1. The molecule has 1 heterocycles. The molecule has 1 aromatic heterocycles. The zero-order chi connectivity index (χ0) is 15.9. The first-order valence-corrected chi connectivity index (χ1v) is 7.73. The summed E-state index contributed by atoms with van der Waals surface area (Å²) in [6.45, 7) is 3.67. The maximum Gasteiger partial charge on any atom is 0.331 e. The topological polar surface area (TPSA) is 55.4 Å². The number of hydrogen-bond acceptors (Lipinski definition) is 4. The highest BCUT2D eigenvalue weighted by Crippen LogP contribution is 2.14. The summed E-state index contributed by atoms with van der Waals surface area (Å²) in [4.78, 5) is 23.2. The fourth-order valence-electron chi connectivity index (χ4n) is 1.74. The first kappa shape index (κ1) is 16.0. The fraction of sp³-hybridized carbons (Fsp3) is 0.176. The van der Waals surface area contributed by atoms with E-state index in [4.69, 9.17) is 4.74 Å². The molecule has 22 heavy (non-hydrogen) atoms. The van der Waals surface area contributed by atoms with Crippen molar-refractivity contribution in [3.63, 3.8) is 0 Å². The Bertz CT molecular complexity index is 690. The van der Waals surface area contributed by atoms with Gasteiger partial charge in [0.1, 0.15) is 0 Å². The molecule has 0 radical (unpaired) electrons. The normalized spacial score (nSPS) is 10.6. The van der Waals surface area contributed by atoms with Crippen LogP contribution in [0.1, 0.15) is 16.7 Å². The quantitative estimate of drug-likeness (QED) is 0.678. The van der Waals surface area contributed by atoms with Gasteiger partial charge in [0.15, 0.2) is 6.61 Å². The maximum absolute atomic E-state index is 11.7. The van der Waals surface area contributed by atoms with Crippen LogP contribution in [0.3, 0.4) is 0 Å². The number of carbonyl (C=O) groups excluding carboxylic acids is 2. The molecule has 0 aliphatic carbocycles. The van der Waals surface area contributed by atoms with E-state index < -0.39 is 5.97 Å². The van der Waals surface area contributed by atoms with Crippen LogP contribution in [0.4, 0.5) is 5.69 Å². The van der Waals surface area contributed by atoms with Gasteiger partial charge in [0.25, 0.3) is 5.91 Å². The van der Waals surface area contributed by atoms with Crippen molar-refractivity contribution in [2.24, 2.45) is 0 Å². The minimum absolute atomic E-state index is 0.306. The van der Waals surface area contributed by atoms with Gasteiger partial charge >= 0.3 is 5.97 Å². The Morgan fingerprint density at radius 3 is 2.73 bits per heavy atom. The lowest BCUT2D eigenvalue weighted by Crippen LogP contribution is -2.20. The molecule has 0 atom stereocenters. The van der Waals surface area contributed by atoms with Crippen LogP contribution in [0, 0.1) is 13.8 Å². The zero-order valence-electron chi connectivity index (χ0n) is 12.5. The van der Waals surface area contributed by atoms with Gasteiger partial charge in [-0.3, -0.25) is 4.79 Å². The van der Waals surface area contributed by atoms with Crippen LogP contribution in [0.2, 0.25) is 0 Å². The minimum Gasteiger partial charge on any atom is -0.452 e. The molecule has 0 fully saturated rings. The number of benzene rings is 1. The number of nitrogens with one attached hydrogen (secondary N) is 1. The van der Waals surface area contributed by atoms with E-state index in [1.54, 1.807) is 17.4 Å². The fourth-order valence-corrected chi connectivity index (χ4v) is 2.36. The van der Waals surface area contributed by atoms with Gasteiger partial charge in [0.05, 0.1) is 0 Å². The molecule has 0 spiro atoms. The van der Waals surface area contributed by atoms with Gasteiger partial charge in [-0.25, -0.2) is 4.79 Å².